The molecule has 46 heavy (non-hydrogen) atoms. The predicted molar refractivity (Wildman–Crippen MR) is 169 cm³/mol. The maximum absolute atomic E-state index is 14.4. The molecule has 1 saturated heterocycles. The Labute approximate surface area is 270 Å². The third kappa shape index (κ3) is 6.36. The zero-order valence-corrected chi connectivity index (χ0v) is 27.5. The molecule has 2 aliphatic carbocycles. The number of methoxy groups -OCH3 is 1. The first-order valence-electron chi connectivity index (χ1n) is 16.6. The molecule has 0 spiro atoms. The Morgan fingerprint density at radius 2 is 1.89 bits per heavy atom. The van der Waals surface area contributed by atoms with Crippen LogP contribution in [0.5, 0.6) is 11.6 Å². The van der Waals surface area contributed by atoms with Crippen molar-refractivity contribution in [1.29, 1.82) is 5.26 Å². The summed E-state index contributed by atoms with van der Waals surface area (Å²) in [5, 5.41) is 12.7. The van der Waals surface area contributed by atoms with Gasteiger partial charge in [0.05, 0.1) is 36.8 Å². The van der Waals surface area contributed by atoms with Gasteiger partial charge >= 0.3 is 6.09 Å². The van der Waals surface area contributed by atoms with Gasteiger partial charge < -0.3 is 24.4 Å². The number of hydrogen-bond donors (Lipinski definition) is 1. The van der Waals surface area contributed by atoms with E-state index in [9.17, 15) is 19.6 Å². The van der Waals surface area contributed by atoms with Crippen LogP contribution < -0.4 is 14.8 Å². The quantitative estimate of drug-likeness (QED) is 0.495. The lowest BCUT2D eigenvalue weighted by Gasteiger charge is -2.35. The molecule has 1 N–H and O–H groups in total. The number of ether oxygens (including phenoxy) is 3. The van der Waals surface area contributed by atoms with Crippen molar-refractivity contribution in [2.75, 3.05) is 13.7 Å². The molecule has 6 rings (SSSR count). The fourth-order valence-electron chi connectivity index (χ4n) is 7.98. The van der Waals surface area contributed by atoms with Crippen LogP contribution in [0.4, 0.5) is 4.79 Å². The maximum Gasteiger partial charge on any atom is 0.408 e. The van der Waals surface area contributed by atoms with E-state index >= 15 is 0 Å². The summed E-state index contributed by atoms with van der Waals surface area (Å²) in [5.41, 5.74) is 1.35. The van der Waals surface area contributed by atoms with Gasteiger partial charge in [-0.3, -0.25) is 9.59 Å². The second-order valence-corrected chi connectivity index (χ2v) is 14.6. The Morgan fingerprint density at radius 3 is 2.61 bits per heavy atom. The monoisotopic (exact) mass is 631 g/mol. The first kappa shape index (κ1) is 32.0. The van der Waals surface area contributed by atoms with E-state index in [1.54, 1.807) is 13.2 Å². The van der Waals surface area contributed by atoms with Gasteiger partial charge in [0.1, 0.15) is 29.7 Å². The van der Waals surface area contributed by atoms with Gasteiger partial charge in [-0.05, 0) is 74.3 Å². The molecule has 11 nitrogen and oxygen atoms in total. The highest BCUT2D eigenvalue weighted by Gasteiger charge is 2.55. The molecule has 3 fully saturated rings. The smallest absolute Gasteiger partial charge is 0.408 e. The number of rotatable bonds is 3. The molecule has 2 unspecified atom stereocenters. The number of hydrogen-bond acceptors (Lipinski definition) is 9. The van der Waals surface area contributed by atoms with E-state index in [2.05, 4.69) is 11.4 Å². The van der Waals surface area contributed by atoms with Crippen LogP contribution >= 0.6 is 0 Å². The number of fused-ring (bicyclic) bond motifs is 7. The zero-order chi connectivity index (χ0) is 32.7. The Morgan fingerprint density at radius 1 is 1.09 bits per heavy atom. The van der Waals surface area contributed by atoms with E-state index in [0.717, 1.165) is 37.6 Å². The van der Waals surface area contributed by atoms with Crippen molar-refractivity contribution in [3.05, 3.63) is 23.9 Å². The van der Waals surface area contributed by atoms with Gasteiger partial charge in [0, 0.05) is 18.4 Å². The molecule has 4 aliphatic rings. The lowest BCUT2D eigenvalue weighted by Crippen LogP contribution is -2.57. The zero-order valence-electron chi connectivity index (χ0n) is 27.5. The number of aryl methyl sites for hydroxylation is 1. The number of alkyl carbamates (subject to hydrolysis) is 1. The number of nitrogens with zero attached hydrogens (tertiary/aromatic N) is 4. The van der Waals surface area contributed by atoms with Gasteiger partial charge in [-0.25, -0.2) is 14.8 Å². The first-order chi connectivity index (χ1) is 22.0. The Hall–Kier alpha value is -3.94. The second kappa shape index (κ2) is 12.7. The van der Waals surface area contributed by atoms with Gasteiger partial charge in [0.25, 0.3) is 0 Å². The molecular formula is C35H45N5O6. The number of ketones is 1. The fourth-order valence-corrected chi connectivity index (χ4v) is 7.98. The van der Waals surface area contributed by atoms with Crippen molar-refractivity contribution in [1.82, 2.24) is 20.2 Å². The standard InChI is InChI=1S/C35H45N5O6/c1-19(41)30-23(13-14-36)29-18-40(30)33(42)31(35(2,3)4)39-34(43)46-28-16-20-15-24(20)22(28)9-7-6-8-10-26-32(45-29)38-27-17-21(44-5)11-12-25(27)37-26/h11-12,17,20,22-24,28-31H,6-10,13,15-16,18H2,1-5H3,(H,39,43)/t20?,22-,23-,24?,28-,29+,30-,31-/m1/s1. The minimum atomic E-state index is -0.958. The number of carbonyl (C=O) groups is 3. The topological polar surface area (TPSA) is 144 Å². The van der Waals surface area contributed by atoms with E-state index in [4.69, 9.17) is 24.2 Å². The third-order valence-corrected chi connectivity index (χ3v) is 10.4. The van der Waals surface area contributed by atoms with Crippen molar-refractivity contribution in [3.8, 4) is 17.7 Å². The van der Waals surface area contributed by atoms with Crippen LogP contribution in [0.2, 0.25) is 0 Å². The van der Waals surface area contributed by atoms with E-state index in [1.807, 2.05) is 32.9 Å². The summed E-state index contributed by atoms with van der Waals surface area (Å²) in [7, 11) is 1.59. The molecular weight excluding hydrogens is 586 g/mol. The highest BCUT2D eigenvalue weighted by atomic mass is 16.6. The summed E-state index contributed by atoms with van der Waals surface area (Å²) in [5.74, 6) is 1.27. The molecule has 2 saturated carbocycles. The molecule has 2 aromatic rings. The molecule has 0 radical (unpaired) electrons. The van der Waals surface area contributed by atoms with Gasteiger partial charge in [-0.2, -0.15) is 5.26 Å². The Bertz CT molecular complexity index is 1550. The number of nitriles is 1. The summed E-state index contributed by atoms with van der Waals surface area (Å²) in [4.78, 5) is 52.2. The maximum atomic E-state index is 14.4. The molecule has 3 heterocycles. The Kier molecular flexibility index (Phi) is 8.83. The van der Waals surface area contributed by atoms with E-state index in [1.165, 1.54) is 18.2 Å². The summed E-state index contributed by atoms with van der Waals surface area (Å²) >= 11 is 0. The van der Waals surface area contributed by atoms with Crippen LogP contribution in [0.25, 0.3) is 11.0 Å². The molecule has 2 amide bonds. The molecule has 1 aromatic heterocycles. The molecule has 2 bridgehead atoms. The van der Waals surface area contributed by atoms with Crippen LogP contribution in [0.1, 0.15) is 78.3 Å². The number of nitrogens with one attached hydrogen (secondary N) is 1. The minimum absolute atomic E-state index is 0.00388. The SMILES string of the molecule is COc1ccc2nc3c(nc2c1)O[C@H]1CN(C(=O)[C@H](C(C)(C)C)NC(=O)O[C@@H]2CC4CC4[C@H]2CCCCC3)[C@H](C(C)=O)[C@@H]1CC#N. The molecule has 246 valence electrons. The van der Waals surface area contributed by atoms with Crippen LogP contribution in [0.15, 0.2) is 18.2 Å². The number of carbonyl (C=O) groups excluding carboxylic acids is 3. The van der Waals surface area contributed by atoms with Gasteiger partial charge in [0.2, 0.25) is 11.8 Å². The first-order valence-corrected chi connectivity index (χ1v) is 16.6. The van der Waals surface area contributed by atoms with Crippen molar-refractivity contribution in [2.45, 2.75) is 103 Å². The number of aromatic nitrogens is 2. The molecule has 2 aliphatic heterocycles. The van der Waals surface area contributed by atoms with Crippen molar-refractivity contribution >= 4 is 28.8 Å². The molecule has 1 aromatic carbocycles. The van der Waals surface area contributed by atoms with Gasteiger partial charge in [-0.1, -0.05) is 33.6 Å². The van der Waals surface area contributed by atoms with Crippen LogP contribution in [0.3, 0.4) is 0 Å². The average Bonchev–Trinajstić information content (AvgIpc) is 3.55. The highest BCUT2D eigenvalue weighted by molar-refractivity contribution is 5.92. The van der Waals surface area contributed by atoms with Crippen molar-refractivity contribution in [3.63, 3.8) is 0 Å². The largest absolute Gasteiger partial charge is 0.497 e. The number of benzene rings is 1. The lowest BCUT2D eigenvalue weighted by atomic mass is 9.85. The summed E-state index contributed by atoms with van der Waals surface area (Å²) in [6, 6.07) is 5.87. The van der Waals surface area contributed by atoms with E-state index in [0.29, 0.717) is 47.0 Å². The number of Topliss-reactive ketones (excluding diaryl/α,β-unsaturated/α-hetero) is 1. The van der Waals surface area contributed by atoms with E-state index in [-0.39, 0.29) is 24.9 Å². The Balaban J connectivity index is 1.39. The average molecular weight is 632 g/mol. The summed E-state index contributed by atoms with van der Waals surface area (Å²) in [6.45, 7) is 7.12. The molecule has 8 atom stereocenters. The second-order valence-electron chi connectivity index (χ2n) is 14.6. The van der Waals surface area contributed by atoms with Crippen LogP contribution in [0, 0.1) is 40.4 Å². The normalized spacial score (nSPS) is 31.6. The lowest BCUT2D eigenvalue weighted by molar-refractivity contribution is -0.141. The predicted octanol–water partition coefficient (Wildman–Crippen LogP) is 5.00. The van der Waals surface area contributed by atoms with Crippen molar-refractivity contribution in [2.24, 2.45) is 29.1 Å². The highest BCUT2D eigenvalue weighted by Crippen LogP contribution is 2.57. The fraction of sp³-hybridized carbons (Fsp3) is 0.657. The molecule has 11 heteroatoms. The van der Waals surface area contributed by atoms with Crippen molar-refractivity contribution < 1.29 is 28.6 Å². The van der Waals surface area contributed by atoms with Crippen LogP contribution in [-0.2, 0) is 20.7 Å². The number of amides is 2. The van der Waals surface area contributed by atoms with Gasteiger partial charge in [-0.15, -0.1) is 0 Å². The summed E-state index contributed by atoms with van der Waals surface area (Å²) in [6.07, 6.45) is 5.11. The van der Waals surface area contributed by atoms with E-state index < -0.39 is 41.5 Å². The van der Waals surface area contributed by atoms with Crippen LogP contribution in [-0.4, -0.2) is 70.6 Å². The summed E-state index contributed by atoms with van der Waals surface area (Å²) < 4.78 is 18.0. The minimum Gasteiger partial charge on any atom is -0.497 e. The van der Waals surface area contributed by atoms with Gasteiger partial charge in [0.15, 0.2) is 5.78 Å². The third-order valence-electron chi connectivity index (χ3n) is 10.4.